The van der Waals surface area contributed by atoms with Crippen molar-refractivity contribution in [3.8, 4) is 5.75 Å². The normalized spacial score (nSPS) is 13.7. The monoisotopic (exact) mass is 343 g/mol. The van der Waals surface area contributed by atoms with E-state index in [1.807, 2.05) is 6.07 Å². The number of amides is 1. The number of hydrogen-bond donors (Lipinski definition) is 2. The maximum atomic E-state index is 11.9. The van der Waals surface area contributed by atoms with E-state index in [1.165, 1.54) is 0 Å². The van der Waals surface area contributed by atoms with Gasteiger partial charge in [0, 0.05) is 16.6 Å². The summed E-state index contributed by atoms with van der Waals surface area (Å²) in [5.41, 5.74) is 0.660. The number of aliphatic hydroxyl groups excluding tert-OH is 1. The molecule has 1 aromatic rings. The molecule has 4 nitrogen and oxygen atoms in total. The summed E-state index contributed by atoms with van der Waals surface area (Å²) in [7, 11) is 0. The van der Waals surface area contributed by atoms with Crippen LogP contribution in [0.4, 0.5) is 0 Å². The van der Waals surface area contributed by atoms with E-state index >= 15 is 0 Å². The van der Waals surface area contributed by atoms with Gasteiger partial charge in [-0.25, -0.2) is 0 Å². The van der Waals surface area contributed by atoms with Crippen LogP contribution in [0.1, 0.15) is 45.3 Å². The quantitative estimate of drug-likeness (QED) is 0.747. The number of unbranched alkanes of at least 4 members (excludes halogenated alkanes) is 1. The zero-order valence-corrected chi connectivity index (χ0v) is 13.7. The van der Waals surface area contributed by atoms with E-state index < -0.39 is 12.2 Å². The molecule has 0 saturated heterocycles. The number of carbonyl (C=O) groups excluding carboxylic acids is 1. The summed E-state index contributed by atoms with van der Waals surface area (Å²) in [5.74, 6) is 0.388. The number of benzene rings is 1. The van der Waals surface area contributed by atoms with Gasteiger partial charge < -0.3 is 15.2 Å². The van der Waals surface area contributed by atoms with Gasteiger partial charge in [0.2, 0.25) is 0 Å². The first-order valence-corrected chi connectivity index (χ1v) is 7.66. The van der Waals surface area contributed by atoms with E-state index in [0.717, 1.165) is 17.3 Å². The third-order valence-electron chi connectivity index (χ3n) is 2.92. The number of halogens is 1. The van der Waals surface area contributed by atoms with Crippen LogP contribution >= 0.6 is 15.9 Å². The maximum Gasteiger partial charge on any atom is 0.260 e. The average molecular weight is 344 g/mol. The number of hydrogen-bond acceptors (Lipinski definition) is 3. The molecule has 112 valence electrons. The summed E-state index contributed by atoms with van der Waals surface area (Å²) in [6.45, 7) is 6.10. The molecule has 0 aliphatic carbocycles. The number of aliphatic hydroxyl groups is 1. The molecule has 1 rings (SSSR count). The first kappa shape index (κ1) is 17.0. The fourth-order valence-corrected chi connectivity index (χ4v) is 2.11. The zero-order valence-electron chi connectivity index (χ0n) is 12.1. The van der Waals surface area contributed by atoms with Gasteiger partial charge >= 0.3 is 0 Å². The van der Waals surface area contributed by atoms with Crippen LogP contribution in [-0.4, -0.2) is 23.7 Å². The second kappa shape index (κ2) is 8.27. The minimum atomic E-state index is -0.655. The molecular weight excluding hydrogens is 322 g/mol. The molecule has 2 N–H and O–H groups in total. The van der Waals surface area contributed by atoms with Crippen molar-refractivity contribution in [3.63, 3.8) is 0 Å². The Kier molecular flexibility index (Phi) is 7.02. The smallest absolute Gasteiger partial charge is 0.260 e. The van der Waals surface area contributed by atoms with Gasteiger partial charge in [-0.15, -0.1) is 0 Å². The molecule has 0 aromatic heterocycles. The third-order valence-corrected chi connectivity index (χ3v) is 3.42. The van der Waals surface area contributed by atoms with Gasteiger partial charge in [0.15, 0.2) is 6.10 Å². The van der Waals surface area contributed by atoms with Crippen LogP contribution in [0.15, 0.2) is 22.7 Å². The minimum absolute atomic E-state index is 0.141. The molecular formula is C15H22BrNO3. The Bertz CT molecular complexity index is 449. The molecule has 0 radical (unpaired) electrons. The highest BCUT2D eigenvalue weighted by Crippen LogP contribution is 2.29. The summed E-state index contributed by atoms with van der Waals surface area (Å²) in [5, 5.41) is 12.6. The van der Waals surface area contributed by atoms with Crippen LogP contribution in [0.5, 0.6) is 5.75 Å². The van der Waals surface area contributed by atoms with Crippen molar-refractivity contribution >= 4 is 21.8 Å². The predicted octanol–water partition coefficient (Wildman–Crippen LogP) is 3.19. The van der Waals surface area contributed by atoms with Crippen molar-refractivity contribution in [1.82, 2.24) is 5.32 Å². The van der Waals surface area contributed by atoms with Gasteiger partial charge in [0.25, 0.3) is 5.91 Å². The van der Waals surface area contributed by atoms with E-state index in [0.29, 0.717) is 17.9 Å². The Hall–Kier alpha value is -1.07. The lowest BCUT2D eigenvalue weighted by atomic mass is 10.1. The van der Waals surface area contributed by atoms with Gasteiger partial charge in [-0.3, -0.25) is 4.79 Å². The topological polar surface area (TPSA) is 58.6 Å². The standard InChI is InChI=1S/C15H22BrNO3/c1-4-5-8-17-15(19)11(3)20-14-7-6-12(16)9-13(14)10(2)18/h6-7,9-11,18H,4-5,8H2,1-3H3,(H,17,19). The molecule has 1 amide bonds. The lowest BCUT2D eigenvalue weighted by Crippen LogP contribution is -2.37. The van der Waals surface area contributed by atoms with Gasteiger partial charge in [-0.05, 0) is 38.5 Å². The van der Waals surface area contributed by atoms with E-state index in [9.17, 15) is 9.90 Å². The van der Waals surface area contributed by atoms with E-state index in [1.54, 1.807) is 26.0 Å². The summed E-state index contributed by atoms with van der Waals surface area (Å²) >= 11 is 3.36. The Balaban J connectivity index is 2.70. The second-order valence-corrected chi connectivity index (χ2v) is 5.68. The Morgan fingerprint density at radius 3 is 2.75 bits per heavy atom. The summed E-state index contributed by atoms with van der Waals surface area (Å²) in [6, 6.07) is 5.37. The van der Waals surface area contributed by atoms with Crippen molar-refractivity contribution in [2.24, 2.45) is 0 Å². The van der Waals surface area contributed by atoms with Crippen LogP contribution in [0.2, 0.25) is 0 Å². The highest BCUT2D eigenvalue weighted by Gasteiger charge is 2.17. The molecule has 2 unspecified atom stereocenters. The molecule has 0 saturated carbocycles. The Morgan fingerprint density at radius 1 is 1.45 bits per heavy atom. The van der Waals surface area contributed by atoms with Crippen LogP contribution in [-0.2, 0) is 4.79 Å². The van der Waals surface area contributed by atoms with Gasteiger partial charge in [0.05, 0.1) is 6.10 Å². The molecule has 0 bridgehead atoms. The molecule has 0 aliphatic heterocycles. The molecule has 0 aliphatic rings. The van der Waals surface area contributed by atoms with Crippen LogP contribution in [0, 0.1) is 0 Å². The summed E-state index contributed by atoms with van der Waals surface area (Å²) < 4.78 is 6.52. The van der Waals surface area contributed by atoms with Crippen molar-refractivity contribution < 1.29 is 14.6 Å². The fourth-order valence-electron chi connectivity index (χ4n) is 1.73. The van der Waals surface area contributed by atoms with Crippen molar-refractivity contribution in [1.29, 1.82) is 0 Å². The lowest BCUT2D eigenvalue weighted by Gasteiger charge is -2.18. The second-order valence-electron chi connectivity index (χ2n) is 4.76. The number of carbonyl (C=O) groups is 1. The Morgan fingerprint density at radius 2 is 2.15 bits per heavy atom. The summed E-state index contributed by atoms with van der Waals surface area (Å²) in [4.78, 5) is 11.9. The van der Waals surface area contributed by atoms with Crippen molar-refractivity contribution in [2.45, 2.75) is 45.8 Å². The minimum Gasteiger partial charge on any atom is -0.481 e. The lowest BCUT2D eigenvalue weighted by molar-refractivity contribution is -0.127. The molecule has 20 heavy (non-hydrogen) atoms. The fraction of sp³-hybridized carbons (Fsp3) is 0.533. The SMILES string of the molecule is CCCCNC(=O)C(C)Oc1ccc(Br)cc1C(C)O. The third kappa shape index (κ3) is 5.13. The molecule has 2 atom stereocenters. The van der Waals surface area contributed by atoms with Crippen molar-refractivity contribution in [3.05, 3.63) is 28.2 Å². The first-order valence-electron chi connectivity index (χ1n) is 6.87. The summed E-state index contributed by atoms with van der Waals surface area (Å²) in [6.07, 6.45) is 0.743. The maximum absolute atomic E-state index is 11.9. The molecule has 0 heterocycles. The molecule has 0 spiro atoms. The Labute approximate surface area is 128 Å². The van der Waals surface area contributed by atoms with Gasteiger partial charge in [-0.1, -0.05) is 29.3 Å². The van der Waals surface area contributed by atoms with Gasteiger partial charge in [0.1, 0.15) is 5.75 Å². The molecule has 5 heteroatoms. The zero-order chi connectivity index (χ0) is 15.1. The van der Waals surface area contributed by atoms with Crippen LogP contribution in [0.25, 0.3) is 0 Å². The highest BCUT2D eigenvalue weighted by molar-refractivity contribution is 9.10. The first-order chi connectivity index (χ1) is 9.45. The van der Waals surface area contributed by atoms with E-state index in [4.69, 9.17) is 4.74 Å². The molecule has 0 fully saturated rings. The van der Waals surface area contributed by atoms with E-state index in [-0.39, 0.29) is 5.91 Å². The van der Waals surface area contributed by atoms with E-state index in [2.05, 4.69) is 28.2 Å². The number of rotatable bonds is 7. The number of ether oxygens (including phenoxy) is 1. The molecule has 1 aromatic carbocycles. The van der Waals surface area contributed by atoms with Crippen LogP contribution < -0.4 is 10.1 Å². The largest absolute Gasteiger partial charge is 0.481 e. The highest BCUT2D eigenvalue weighted by atomic mass is 79.9. The van der Waals surface area contributed by atoms with Gasteiger partial charge in [-0.2, -0.15) is 0 Å². The number of nitrogens with one attached hydrogen (secondary N) is 1. The van der Waals surface area contributed by atoms with Crippen LogP contribution in [0.3, 0.4) is 0 Å². The predicted molar refractivity (Wildman–Crippen MR) is 82.8 cm³/mol. The van der Waals surface area contributed by atoms with Crippen molar-refractivity contribution in [2.75, 3.05) is 6.54 Å². The average Bonchev–Trinajstić information content (AvgIpc) is 2.40.